The smallest absolute Gasteiger partial charge is 0.315 e. The van der Waals surface area contributed by atoms with Gasteiger partial charge in [-0.2, -0.15) is 0 Å². The number of amides is 2. The van der Waals surface area contributed by atoms with E-state index in [0.717, 1.165) is 24.3 Å². The van der Waals surface area contributed by atoms with Gasteiger partial charge in [0.2, 0.25) is 0 Å². The third-order valence-electron chi connectivity index (χ3n) is 4.54. The Morgan fingerprint density at radius 1 is 1.19 bits per heavy atom. The first-order valence-corrected chi connectivity index (χ1v) is 9.09. The molecule has 0 aliphatic carbocycles. The van der Waals surface area contributed by atoms with Crippen molar-refractivity contribution in [3.8, 4) is 5.75 Å². The largest absolute Gasteiger partial charge is 0.493 e. The van der Waals surface area contributed by atoms with Crippen LogP contribution in [0.4, 0.5) is 4.79 Å². The van der Waals surface area contributed by atoms with Gasteiger partial charge in [0.25, 0.3) is 0 Å². The van der Waals surface area contributed by atoms with E-state index < -0.39 is 0 Å². The zero-order chi connectivity index (χ0) is 18.5. The van der Waals surface area contributed by atoms with Crippen LogP contribution < -0.4 is 15.4 Å². The summed E-state index contributed by atoms with van der Waals surface area (Å²) in [6, 6.07) is 13.6. The minimum absolute atomic E-state index is 0.0992. The second-order valence-electron chi connectivity index (χ2n) is 6.64. The van der Waals surface area contributed by atoms with Crippen LogP contribution in [0.15, 0.2) is 42.5 Å². The molecule has 1 atom stereocenters. The van der Waals surface area contributed by atoms with Crippen molar-refractivity contribution in [1.29, 1.82) is 0 Å². The van der Waals surface area contributed by atoms with Gasteiger partial charge in [-0.05, 0) is 49.0 Å². The lowest BCUT2D eigenvalue weighted by molar-refractivity contribution is 0.232. The van der Waals surface area contributed by atoms with Gasteiger partial charge < -0.3 is 20.3 Å². The minimum Gasteiger partial charge on any atom is -0.493 e. The van der Waals surface area contributed by atoms with E-state index in [1.54, 1.807) is 0 Å². The Balaban J connectivity index is 1.55. The van der Waals surface area contributed by atoms with Crippen molar-refractivity contribution in [3.63, 3.8) is 0 Å². The molecule has 3 rings (SSSR count). The molecule has 0 fully saturated rings. The monoisotopic (exact) mass is 373 g/mol. The number of fused-ring (bicyclic) bond motifs is 1. The molecule has 0 saturated heterocycles. The number of urea groups is 1. The van der Waals surface area contributed by atoms with E-state index in [9.17, 15) is 4.79 Å². The molecule has 0 spiro atoms. The van der Waals surface area contributed by atoms with Crippen LogP contribution in [-0.2, 0) is 13.0 Å². The number of rotatable bonds is 6. The maximum Gasteiger partial charge on any atom is 0.315 e. The summed E-state index contributed by atoms with van der Waals surface area (Å²) < 4.78 is 5.57. The van der Waals surface area contributed by atoms with Crippen LogP contribution in [0.1, 0.15) is 22.7 Å². The number of ether oxygens (including phenoxy) is 1. The maximum atomic E-state index is 12.1. The molecule has 0 unspecified atom stereocenters. The number of nitrogens with one attached hydrogen (secondary N) is 2. The van der Waals surface area contributed by atoms with Crippen molar-refractivity contribution in [1.82, 2.24) is 15.5 Å². The highest BCUT2D eigenvalue weighted by atomic mass is 35.5. The SMILES string of the molecule is CN(C)[C@@H](CNC(=O)NCc1ccc(Cl)cc1)c1ccc2c(c1)CCO2. The zero-order valence-corrected chi connectivity index (χ0v) is 15.8. The Hall–Kier alpha value is -2.24. The van der Waals surface area contributed by atoms with Crippen LogP contribution in [0, 0.1) is 0 Å². The van der Waals surface area contributed by atoms with Gasteiger partial charge in [-0.1, -0.05) is 35.9 Å². The first kappa shape index (κ1) is 18.5. The summed E-state index contributed by atoms with van der Waals surface area (Å²) in [7, 11) is 4.03. The van der Waals surface area contributed by atoms with Crippen LogP contribution in [0.25, 0.3) is 0 Å². The molecular formula is C20H24ClN3O2. The normalized spacial score (nSPS) is 13.8. The predicted octanol–water partition coefficient (Wildman–Crippen LogP) is 3.38. The number of halogens is 1. The molecule has 1 heterocycles. The van der Waals surface area contributed by atoms with E-state index in [2.05, 4.69) is 27.7 Å². The van der Waals surface area contributed by atoms with Gasteiger partial charge in [-0.15, -0.1) is 0 Å². The summed E-state index contributed by atoms with van der Waals surface area (Å²) in [4.78, 5) is 14.3. The van der Waals surface area contributed by atoms with E-state index in [0.29, 0.717) is 18.1 Å². The highest BCUT2D eigenvalue weighted by Gasteiger charge is 2.19. The molecule has 26 heavy (non-hydrogen) atoms. The number of carbonyl (C=O) groups is 1. The third-order valence-corrected chi connectivity index (χ3v) is 4.80. The molecule has 6 heteroatoms. The Morgan fingerprint density at radius 2 is 1.96 bits per heavy atom. The van der Waals surface area contributed by atoms with Crippen molar-refractivity contribution in [2.75, 3.05) is 27.2 Å². The van der Waals surface area contributed by atoms with E-state index >= 15 is 0 Å². The van der Waals surface area contributed by atoms with Gasteiger partial charge >= 0.3 is 6.03 Å². The first-order chi connectivity index (χ1) is 12.5. The summed E-state index contributed by atoms with van der Waals surface area (Å²) >= 11 is 5.87. The lowest BCUT2D eigenvalue weighted by Gasteiger charge is -2.25. The summed E-state index contributed by atoms with van der Waals surface area (Å²) in [5.41, 5.74) is 3.42. The summed E-state index contributed by atoms with van der Waals surface area (Å²) in [6.07, 6.45) is 0.943. The maximum absolute atomic E-state index is 12.1. The quantitative estimate of drug-likeness (QED) is 0.816. The van der Waals surface area contributed by atoms with Gasteiger partial charge in [0.15, 0.2) is 0 Å². The average molecular weight is 374 g/mol. The molecule has 138 valence electrons. The molecule has 0 aromatic heterocycles. The zero-order valence-electron chi connectivity index (χ0n) is 15.1. The minimum atomic E-state index is -0.184. The molecule has 0 radical (unpaired) electrons. The van der Waals surface area contributed by atoms with Crippen molar-refractivity contribution in [3.05, 3.63) is 64.2 Å². The third kappa shape index (κ3) is 4.68. The molecule has 1 aliphatic rings. The second kappa shape index (κ2) is 8.43. The van der Waals surface area contributed by atoms with Crippen molar-refractivity contribution in [2.45, 2.75) is 19.0 Å². The Labute approximate surface area is 159 Å². The average Bonchev–Trinajstić information content (AvgIpc) is 3.09. The standard InChI is InChI=1S/C20H24ClN3O2/c1-24(2)18(15-5-8-19-16(11-15)9-10-26-19)13-23-20(25)22-12-14-3-6-17(21)7-4-14/h3-8,11,18H,9-10,12-13H2,1-2H3,(H2,22,23,25)/t18-/m0/s1. The lowest BCUT2D eigenvalue weighted by atomic mass is 10.0. The van der Waals surface area contributed by atoms with Crippen LogP contribution >= 0.6 is 11.6 Å². The molecule has 0 saturated carbocycles. The molecule has 2 N–H and O–H groups in total. The predicted molar refractivity (Wildman–Crippen MR) is 104 cm³/mol. The van der Waals surface area contributed by atoms with Crippen molar-refractivity contribution >= 4 is 17.6 Å². The van der Waals surface area contributed by atoms with E-state index in [1.807, 2.05) is 44.4 Å². The Morgan fingerprint density at radius 3 is 2.69 bits per heavy atom. The van der Waals surface area contributed by atoms with Gasteiger partial charge in [0, 0.05) is 24.5 Å². The number of likely N-dealkylation sites (N-methyl/N-ethyl adjacent to an activating group) is 1. The fourth-order valence-electron chi connectivity index (χ4n) is 3.05. The lowest BCUT2D eigenvalue weighted by Crippen LogP contribution is -2.40. The number of hydrogen-bond donors (Lipinski definition) is 2. The van der Waals surface area contributed by atoms with Crippen LogP contribution in [0.3, 0.4) is 0 Å². The second-order valence-corrected chi connectivity index (χ2v) is 7.07. The van der Waals surface area contributed by atoms with Crippen molar-refractivity contribution < 1.29 is 9.53 Å². The first-order valence-electron chi connectivity index (χ1n) is 8.71. The summed E-state index contributed by atoms with van der Waals surface area (Å²) in [5.74, 6) is 0.972. The van der Waals surface area contributed by atoms with Gasteiger partial charge in [-0.3, -0.25) is 0 Å². The fraction of sp³-hybridized carbons (Fsp3) is 0.350. The molecule has 2 aromatic rings. The van der Waals surface area contributed by atoms with Crippen LogP contribution in [0.5, 0.6) is 5.75 Å². The fourth-order valence-corrected chi connectivity index (χ4v) is 3.17. The molecular weight excluding hydrogens is 350 g/mol. The molecule has 5 nitrogen and oxygen atoms in total. The number of nitrogens with zero attached hydrogens (tertiary/aromatic N) is 1. The van der Waals surface area contributed by atoms with E-state index in [1.165, 1.54) is 11.1 Å². The molecule has 1 aliphatic heterocycles. The topological polar surface area (TPSA) is 53.6 Å². The molecule has 2 aromatic carbocycles. The Kier molecular flexibility index (Phi) is 6.01. The number of benzene rings is 2. The van der Waals surface area contributed by atoms with Crippen molar-refractivity contribution in [2.24, 2.45) is 0 Å². The van der Waals surface area contributed by atoms with Crippen LogP contribution in [-0.4, -0.2) is 38.2 Å². The van der Waals surface area contributed by atoms with E-state index in [4.69, 9.17) is 16.3 Å². The van der Waals surface area contributed by atoms with Gasteiger partial charge in [0.05, 0.1) is 12.6 Å². The number of hydrogen-bond acceptors (Lipinski definition) is 3. The highest BCUT2D eigenvalue weighted by molar-refractivity contribution is 6.30. The molecule has 0 bridgehead atoms. The highest BCUT2D eigenvalue weighted by Crippen LogP contribution is 2.29. The van der Waals surface area contributed by atoms with Gasteiger partial charge in [0.1, 0.15) is 5.75 Å². The van der Waals surface area contributed by atoms with Crippen LogP contribution in [0.2, 0.25) is 5.02 Å². The Bertz CT molecular complexity index is 762. The number of carbonyl (C=O) groups excluding carboxylic acids is 1. The van der Waals surface area contributed by atoms with E-state index in [-0.39, 0.29) is 12.1 Å². The van der Waals surface area contributed by atoms with Gasteiger partial charge in [-0.25, -0.2) is 4.79 Å². The molecule has 2 amide bonds. The summed E-state index contributed by atoms with van der Waals surface area (Å²) in [5, 5.41) is 6.52. The summed E-state index contributed by atoms with van der Waals surface area (Å²) in [6.45, 7) is 1.74.